The third-order valence-corrected chi connectivity index (χ3v) is 4.38. The normalized spacial score (nSPS) is 12.5. The average Bonchev–Trinajstić information content (AvgIpc) is 2.37. The third kappa shape index (κ3) is 4.48. The van der Waals surface area contributed by atoms with Crippen molar-refractivity contribution in [2.45, 2.75) is 25.8 Å². The zero-order chi connectivity index (χ0) is 13.5. The van der Waals surface area contributed by atoms with E-state index in [4.69, 9.17) is 5.73 Å². The van der Waals surface area contributed by atoms with Crippen LogP contribution in [0.2, 0.25) is 0 Å². The smallest absolute Gasteiger partial charge is 0.0410 e. The Bertz CT molecular complexity index is 371. The maximum Gasteiger partial charge on any atom is 0.0410 e. The first-order valence-corrected chi connectivity index (χ1v) is 8.49. The molecule has 0 saturated heterocycles. The molecule has 1 aromatic carbocycles. The molecule has 0 aromatic heterocycles. The second-order valence-electron chi connectivity index (χ2n) is 4.55. The van der Waals surface area contributed by atoms with Crippen LogP contribution in [-0.4, -0.2) is 31.6 Å². The maximum absolute atomic E-state index is 5.69. The van der Waals surface area contributed by atoms with Gasteiger partial charge in [-0.1, -0.05) is 22.0 Å². The topological polar surface area (TPSA) is 29.3 Å². The van der Waals surface area contributed by atoms with Gasteiger partial charge in [0.2, 0.25) is 0 Å². The standard InChI is InChI=1S/C14H23BrN2S/c1-11(7-9-18-3)17(2)14-10-13(15)5-4-12(14)6-8-16/h4-5,10-11H,6-9,16H2,1-3H3. The van der Waals surface area contributed by atoms with Gasteiger partial charge in [-0.05, 0) is 56.0 Å². The maximum atomic E-state index is 5.69. The molecular formula is C14H23BrN2S. The Balaban J connectivity index is 2.87. The fourth-order valence-electron chi connectivity index (χ4n) is 1.95. The van der Waals surface area contributed by atoms with Crippen molar-refractivity contribution in [3.05, 3.63) is 28.2 Å². The minimum absolute atomic E-state index is 0.545. The lowest BCUT2D eigenvalue weighted by molar-refractivity contribution is 0.666. The van der Waals surface area contributed by atoms with E-state index in [1.165, 1.54) is 23.4 Å². The number of halogens is 1. The molecular weight excluding hydrogens is 308 g/mol. The highest BCUT2D eigenvalue weighted by Crippen LogP contribution is 2.27. The first kappa shape index (κ1) is 15.9. The molecule has 0 amide bonds. The number of anilines is 1. The molecule has 0 aliphatic carbocycles. The fourth-order valence-corrected chi connectivity index (χ4v) is 2.88. The van der Waals surface area contributed by atoms with E-state index in [-0.39, 0.29) is 0 Å². The summed E-state index contributed by atoms with van der Waals surface area (Å²) in [5.74, 6) is 1.20. The number of hydrogen-bond acceptors (Lipinski definition) is 3. The van der Waals surface area contributed by atoms with Crippen LogP contribution in [-0.2, 0) is 6.42 Å². The third-order valence-electron chi connectivity index (χ3n) is 3.24. The van der Waals surface area contributed by atoms with E-state index in [0.717, 1.165) is 10.9 Å². The van der Waals surface area contributed by atoms with E-state index >= 15 is 0 Å². The van der Waals surface area contributed by atoms with E-state index in [1.807, 2.05) is 11.8 Å². The van der Waals surface area contributed by atoms with Crippen molar-refractivity contribution < 1.29 is 0 Å². The molecule has 18 heavy (non-hydrogen) atoms. The number of benzene rings is 1. The van der Waals surface area contributed by atoms with E-state index < -0.39 is 0 Å². The van der Waals surface area contributed by atoms with Gasteiger partial charge >= 0.3 is 0 Å². The molecule has 1 unspecified atom stereocenters. The number of thioether (sulfide) groups is 1. The van der Waals surface area contributed by atoms with Crippen molar-refractivity contribution in [2.75, 3.05) is 30.5 Å². The average molecular weight is 331 g/mol. The van der Waals surface area contributed by atoms with E-state index in [2.05, 4.69) is 59.3 Å². The predicted octanol–water partition coefficient (Wildman–Crippen LogP) is 3.53. The predicted molar refractivity (Wildman–Crippen MR) is 87.8 cm³/mol. The van der Waals surface area contributed by atoms with Crippen molar-refractivity contribution in [1.82, 2.24) is 0 Å². The Morgan fingerprint density at radius 2 is 2.17 bits per heavy atom. The highest BCUT2D eigenvalue weighted by atomic mass is 79.9. The van der Waals surface area contributed by atoms with Crippen molar-refractivity contribution in [3.63, 3.8) is 0 Å². The number of hydrogen-bond donors (Lipinski definition) is 1. The summed E-state index contributed by atoms with van der Waals surface area (Å²) in [6.45, 7) is 2.98. The summed E-state index contributed by atoms with van der Waals surface area (Å²) in [5.41, 5.74) is 8.32. The van der Waals surface area contributed by atoms with Gasteiger partial charge in [-0.2, -0.15) is 11.8 Å². The monoisotopic (exact) mass is 330 g/mol. The molecule has 0 radical (unpaired) electrons. The molecule has 1 atom stereocenters. The van der Waals surface area contributed by atoms with Crippen LogP contribution in [0.15, 0.2) is 22.7 Å². The molecule has 102 valence electrons. The molecule has 2 N–H and O–H groups in total. The molecule has 4 heteroatoms. The van der Waals surface area contributed by atoms with Gasteiger partial charge in [-0.25, -0.2) is 0 Å². The van der Waals surface area contributed by atoms with Crippen LogP contribution >= 0.6 is 27.7 Å². The summed E-state index contributed by atoms with van der Waals surface area (Å²) in [4.78, 5) is 2.37. The molecule has 0 spiro atoms. The Morgan fingerprint density at radius 3 is 2.78 bits per heavy atom. The SMILES string of the molecule is CSCCC(C)N(C)c1cc(Br)ccc1CCN. The molecule has 0 heterocycles. The Labute approximate surface area is 123 Å². The molecule has 2 nitrogen and oxygen atoms in total. The van der Waals surface area contributed by atoms with E-state index in [9.17, 15) is 0 Å². The van der Waals surface area contributed by atoms with Gasteiger partial charge in [0.25, 0.3) is 0 Å². The van der Waals surface area contributed by atoms with Crippen molar-refractivity contribution in [3.8, 4) is 0 Å². The summed E-state index contributed by atoms with van der Waals surface area (Å²) in [6.07, 6.45) is 4.29. The summed E-state index contributed by atoms with van der Waals surface area (Å²) in [5, 5.41) is 0. The van der Waals surface area contributed by atoms with Gasteiger partial charge in [-0.15, -0.1) is 0 Å². The Hall–Kier alpha value is -0.190. The highest BCUT2D eigenvalue weighted by molar-refractivity contribution is 9.10. The van der Waals surface area contributed by atoms with Gasteiger partial charge in [0.15, 0.2) is 0 Å². The van der Waals surface area contributed by atoms with E-state index in [0.29, 0.717) is 12.6 Å². The lowest BCUT2D eigenvalue weighted by atomic mass is 10.1. The molecule has 0 fully saturated rings. The van der Waals surface area contributed by atoms with Gasteiger partial charge in [0, 0.05) is 23.2 Å². The molecule has 0 bridgehead atoms. The largest absolute Gasteiger partial charge is 0.372 e. The van der Waals surface area contributed by atoms with Gasteiger partial charge < -0.3 is 10.6 Å². The second-order valence-corrected chi connectivity index (χ2v) is 6.45. The second kappa shape index (κ2) is 8.08. The quantitative estimate of drug-likeness (QED) is 0.829. The van der Waals surface area contributed by atoms with Crippen LogP contribution in [0.4, 0.5) is 5.69 Å². The minimum Gasteiger partial charge on any atom is -0.372 e. The first-order valence-electron chi connectivity index (χ1n) is 6.30. The lowest BCUT2D eigenvalue weighted by Crippen LogP contribution is -2.30. The Morgan fingerprint density at radius 1 is 1.44 bits per heavy atom. The van der Waals surface area contributed by atoms with Gasteiger partial charge in [0.1, 0.15) is 0 Å². The van der Waals surface area contributed by atoms with Gasteiger partial charge in [0.05, 0.1) is 0 Å². The summed E-state index contributed by atoms with van der Waals surface area (Å²) in [6, 6.07) is 7.00. The first-order chi connectivity index (χ1) is 8.60. The Kier molecular flexibility index (Phi) is 7.12. The van der Waals surface area contributed by atoms with Crippen LogP contribution < -0.4 is 10.6 Å². The van der Waals surface area contributed by atoms with Crippen molar-refractivity contribution in [2.24, 2.45) is 5.73 Å². The zero-order valence-corrected chi connectivity index (χ0v) is 13.9. The molecule has 0 aliphatic rings. The van der Waals surface area contributed by atoms with Gasteiger partial charge in [-0.3, -0.25) is 0 Å². The van der Waals surface area contributed by atoms with Crippen molar-refractivity contribution >= 4 is 33.4 Å². The van der Waals surface area contributed by atoms with Crippen LogP contribution in [0.5, 0.6) is 0 Å². The molecule has 1 rings (SSSR count). The van der Waals surface area contributed by atoms with Crippen molar-refractivity contribution in [1.29, 1.82) is 0 Å². The number of rotatable bonds is 7. The molecule has 1 aromatic rings. The molecule has 0 saturated carbocycles. The minimum atomic E-state index is 0.545. The van der Waals surface area contributed by atoms with Crippen LogP contribution in [0.1, 0.15) is 18.9 Å². The molecule has 0 aliphatic heterocycles. The summed E-state index contributed by atoms with van der Waals surface area (Å²) >= 11 is 5.46. The number of nitrogens with zero attached hydrogens (tertiary/aromatic N) is 1. The van der Waals surface area contributed by atoms with E-state index in [1.54, 1.807) is 0 Å². The van der Waals surface area contributed by atoms with Crippen LogP contribution in [0.3, 0.4) is 0 Å². The zero-order valence-electron chi connectivity index (χ0n) is 11.4. The lowest BCUT2D eigenvalue weighted by Gasteiger charge is -2.29. The number of nitrogens with two attached hydrogens (primary N) is 1. The summed E-state index contributed by atoms with van der Waals surface area (Å²) < 4.78 is 1.13. The van der Waals surface area contributed by atoms with Crippen LogP contribution in [0.25, 0.3) is 0 Å². The highest BCUT2D eigenvalue weighted by Gasteiger charge is 2.13. The fraction of sp³-hybridized carbons (Fsp3) is 0.571. The summed E-state index contributed by atoms with van der Waals surface area (Å²) in [7, 11) is 2.17. The van der Waals surface area contributed by atoms with Crippen LogP contribution in [0, 0.1) is 0 Å².